The third-order valence-electron chi connectivity index (χ3n) is 5.05. The minimum Gasteiger partial charge on any atom is -0.431 e. The number of nitriles is 1. The van der Waals surface area contributed by atoms with E-state index >= 15 is 0 Å². The Balaban J connectivity index is 1.47. The molecular formula is C20H19N5O6. The van der Waals surface area contributed by atoms with Gasteiger partial charge in [0.1, 0.15) is 49.4 Å². The fraction of sp³-hybridized carbons (Fsp3) is 0.300. The summed E-state index contributed by atoms with van der Waals surface area (Å²) in [4.78, 5) is 15.8. The van der Waals surface area contributed by atoms with Gasteiger partial charge in [0.05, 0.1) is 5.69 Å². The van der Waals surface area contributed by atoms with Gasteiger partial charge < -0.3 is 30.2 Å². The molecule has 1 aliphatic rings. The number of fused-ring (bicyclic) bond motifs is 1. The van der Waals surface area contributed by atoms with E-state index in [0.717, 1.165) is 5.56 Å². The molecule has 0 radical (unpaired) electrons. The van der Waals surface area contributed by atoms with Gasteiger partial charge in [-0.2, -0.15) is 10.4 Å². The van der Waals surface area contributed by atoms with Gasteiger partial charge in [-0.3, -0.25) is 0 Å². The van der Waals surface area contributed by atoms with Crippen LogP contribution in [0.2, 0.25) is 0 Å². The number of hydrogen-bond donors (Lipinski definition) is 3. The van der Waals surface area contributed by atoms with Crippen molar-refractivity contribution in [2.24, 2.45) is 0 Å². The van der Waals surface area contributed by atoms with Gasteiger partial charge in [-0.1, -0.05) is 30.3 Å². The molecule has 4 N–H and O–H groups in total. The van der Waals surface area contributed by atoms with Crippen LogP contribution in [0.4, 0.5) is 10.6 Å². The average Bonchev–Trinajstić information content (AvgIpc) is 3.33. The van der Waals surface area contributed by atoms with Crippen molar-refractivity contribution in [3.8, 4) is 6.07 Å². The maximum atomic E-state index is 11.9. The van der Waals surface area contributed by atoms with Gasteiger partial charge in [0.25, 0.3) is 0 Å². The number of nitrogens with two attached hydrogens (primary N) is 1. The molecule has 0 unspecified atom stereocenters. The molecule has 0 spiro atoms. The normalized spacial score (nSPS) is 25.3. The second-order valence-electron chi connectivity index (χ2n) is 6.94. The second kappa shape index (κ2) is 8.19. The van der Waals surface area contributed by atoms with Gasteiger partial charge in [-0.05, 0) is 17.7 Å². The quantitative estimate of drug-likeness (QED) is 0.490. The number of nitrogen functional groups attached to an aromatic ring is 1. The number of aliphatic hydroxyl groups is 2. The summed E-state index contributed by atoms with van der Waals surface area (Å²) >= 11 is 0. The molecule has 2 aromatic heterocycles. The molecule has 3 heterocycles. The van der Waals surface area contributed by atoms with Crippen LogP contribution in [0.15, 0.2) is 48.8 Å². The van der Waals surface area contributed by atoms with E-state index in [1.54, 1.807) is 30.3 Å². The molecule has 1 saturated heterocycles. The largest absolute Gasteiger partial charge is 0.508 e. The van der Waals surface area contributed by atoms with Crippen molar-refractivity contribution >= 4 is 17.5 Å². The predicted molar refractivity (Wildman–Crippen MR) is 104 cm³/mol. The number of anilines is 1. The van der Waals surface area contributed by atoms with Crippen molar-refractivity contribution in [2.75, 3.05) is 12.3 Å². The summed E-state index contributed by atoms with van der Waals surface area (Å²) in [7, 11) is 0. The Labute approximate surface area is 176 Å². The summed E-state index contributed by atoms with van der Waals surface area (Å²) in [6, 6.07) is 14.0. The van der Waals surface area contributed by atoms with Crippen molar-refractivity contribution in [1.29, 1.82) is 5.26 Å². The van der Waals surface area contributed by atoms with Crippen LogP contribution in [0.5, 0.6) is 0 Å². The van der Waals surface area contributed by atoms with E-state index in [1.807, 2.05) is 12.1 Å². The number of carbonyl (C=O) groups is 1. The average molecular weight is 425 g/mol. The number of hydrogen-bond acceptors (Lipinski definition) is 10. The van der Waals surface area contributed by atoms with Gasteiger partial charge in [0.15, 0.2) is 5.82 Å². The van der Waals surface area contributed by atoms with Gasteiger partial charge >= 0.3 is 6.16 Å². The van der Waals surface area contributed by atoms with Gasteiger partial charge in [0, 0.05) is 0 Å². The summed E-state index contributed by atoms with van der Waals surface area (Å²) in [5.41, 5.74) is 5.18. The van der Waals surface area contributed by atoms with Crippen molar-refractivity contribution in [3.05, 3.63) is 60.0 Å². The topological polar surface area (TPSA) is 165 Å². The molecule has 11 nitrogen and oxygen atoms in total. The van der Waals surface area contributed by atoms with Crippen LogP contribution >= 0.6 is 0 Å². The van der Waals surface area contributed by atoms with Crippen LogP contribution in [0.3, 0.4) is 0 Å². The van der Waals surface area contributed by atoms with Crippen LogP contribution in [-0.4, -0.2) is 55.9 Å². The molecule has 0 amide bonds. The maximum absolute atomic E-state index is 11.9. The lowest BCUT2D eigenvalue weighted by Crippen LogP contribution is -2.41. The minimum atomic E-state index is -1.96. The van der Waals surface area contributed by atoms with E-state index in [-0.39, 0.29) is 18.1 Å². The van der Waals surface area contributed by atoms with Crippen molar-refractivity contribution < 1.29 is 29.2 Å². The standard InChI is InChI=1S/C20H19N5O6/c21-10-20(15-7-6-13-18(22)23-11-24-25(13)15)17(27)16(26)14(31-20)9-30-19(28)29-8-12-4-2-1-3-5-12/h1-7,11,14,16-17,26-27H,8-9H2,(H2,22,23,24)/t14-,16-,17-,20+/m1/s1. The van der Waals surface area contributed by atoms with E-state index < -0.39 is 36.7 Å². The number of aromatic nitrogens is 3. The highest BCUT2D eigenvalue weighted by molar-refractivity contribution is 5.66. The van der Waals surface area contributed by atoms with E-state index in [9.17, 15) is 20.3 Å². The molecule has 0 bridgehead atoms. The lowest BCUT2D eigenvalue weighted by Gasteiger charge is -2.24. The summed E-state index contributed by atoms with van der Waals surface area (Å²) in [5, 5.41) is 35.0. The Hall–Kier alpha value is -3.72. The molecular weight excluding hydrogens is 406 g/mol. The first-order chi connectivity index (χ1) is 15.0. The van der Waals surface area contributed by atoms with Crippen LogP contribution in [0, 0.1) is 11.3 Å². The maximum Gasteiger partial charge on any atom is 0.508 e. The van der Waals surface area contributed by atoms with Gasteiger partial charge in [0.2, 0.25) is 5.60 Å². The van der Waals surface area contributed by atoms with E-state index in [4.69, 9.17) is 19.9 Å². The van der Waals surface area contributed by atoms with Crippen LogP contribution in [0.1, 0.15) is 11.3 Å². The number of ether oxygens (including phenoxy) is 3. The van der Waals surface area contributed by atoms with Crippen LogP contribution in [0.25, 0.3) is 5.52 Å². The lowest BCUT2D eigenvalue weighted by atomic mass is 9.92. The van der Waals surface area contributed by atoms with Crippen LogP contribution in [-0.2, 0) is 26.4 Å². The first-order valence-corrected chi connectivity index (χ1v) is 9.33. The number of rotatable bonds is 5. The Morgan fingerprint density at radius 2 is 2.03 bits per heavy atom. The molecule has 11 heteroatoms. The number of benzene rings is 1. The highest BCUT2D eigenvalue weighted by atomic mass is 16.7. The van der Waals surface area contributed by atoms with E-state index in [1.165, 1.54) is 16.9 Å². The summed E-state index contributed by atoms with van der Waals surface area (Å²) < 4.78 is 17.0. The molecule has 3 aromatic rings. The number of carbonyl (C=O) groups excluding carboxylic acids is 1. The number of nitrogens with zero attached hydrogens (tertiary/aromatic N) is 4. The van der Waals surface area contributed by atoms with Crippen LogP contribution < -0.4 is 5.73 Å². The molecule has 4 atom stereocenters. The first kappa shape index (κ1) is 20.5. The molecule has 1 aliphatic heterocycles. The van der Waals surface area contributed by atoms with E-state index in [2.05, 4.69) is 10.1 Å². The third-order valence-corrected chi connectivity index (χ3v) is 5.05. The van der Waals surface area contributed by atoms with Crippen molar-refractivity contribution in [1.82, 2.24) is 14.6 Å². The summed E-state index contributed by atoms with van der Waals surface area (Å²) in [6.45, 7) is -0.425. The Kier molecular flexibility index (Phi) is 5.43. The molecule has 4 rings (SSSR count). The van der Waals surface area contributed by atoms with Gasteiger partial charge in [-0.15, -0.1) is 0 Å². The highest BCUT2D eigenvalue weighted by Gasteiger charge is 2.57. The fourth-order valence-corrected chi connectivity index (χ4v) is 3.46. The summed E-state index contributed by atoms with van der Waals surface area (Å²) in [5.74, 6) is 0.170. The Bertz CT molecular complexity index is 1130. The zero-order chi connectivity index (χ0) is 22.0. The first-order valence-electron chi connectivity index (χ1n) is 9.33. The van der Waals surface area contributed by atoms with E-state index in [0.29, 0.717) is 5.52 Å². The van der Waals surface area contributed by atoms with Gasteiger partial charge in [-0.25, -0.2) is 14.3 Å². The summed E-state index contributed by atoms with van der Waals surface area (Å²) in [6.07, 6.45) is -4.11. The zero-order valence-corrected chi connectivity index (χ0v) is 16.2. The molecule has 1 fully saturated rings. The fourth-order valence-electron chi connectivity index (χ4n) is 3.46. The second-order valence-corrected chi connectivity index (χ2v) is 6.94. The van der Waals surface area contributed by atoms with Crippen molar-refractivity contribution in [2.45, 2.75) is 30.5 Å². The lowest BCUT2D eigenvalue weighted by molar-refractivity contribution is -0.0725. The molecule has 1 aromatic carbocycles. The third kappa shape index (κ3) is 3.64. The minimum absolute atomic E-state index is 0.00970. The molecule has 0 aliphatic carbocycles. The predicted octanol–water partition coefficient (Wildman–Crippen LogP) is 0.504. The molecule has 0 saturated carbocycles. The van der Waals surface area contributed by atoms with Crippen molar-refractivity contribution in [3.63, 3.8) is 0 Å². The zero-order valence-electron chi connectivity index (χ0n) is 16.2. The Morgan fingerprint density at radius 1 is 1.26 bits per heavy atom. The SMILES string of the molecule is N#C[C@@]1(c2ccc3c(N)ncnn23)O[C@H](COC(=O)OCc2ccccc2)[C@@H](O)[C@H]1O. The highest BCUT2D eigenvalue weighted by Crippen LogP contribution is 2.40. The number of aliphatic hydroxyl groups excluding tert-OH is 2. The molecule has 31 heavy (non-hydrogen) atoms. The monoisotopic (exact) mass is 425 g/mol. The Morgan fingerprint density at radius 3 is 2.77 bits per heavy atom. The smallest absolute Gasteiger partial charge is 0.431 e. The molecule has 160 valence electrons.